The molecule has 0 bridgehead atoms. The maximum absolute atomic E-state index is 3.71. The molecule has 0 aliphatic heterocycles. The van der Waals surface area contributed by atoms with Crippen LogP contribution in [0.25, 0.3) is 0 Å². The zero-order valence-corrected chi connectivity index (χ0v) is 10.6. The minimum atomic E-state index is 0.766. The van der Waals surface area contributed by atoms with Crippen molar-refractivity contribution in [3.63, 3.8) is 0 Å². The second-order valence-corrected chi connectivity index (χ2v) is 6.25. The van der Waals surface area contributed by atoms with Gasteiger partial charge in [0.25, 0.3) is 0 Å². The molecule has 3 fully saturated rings. The molecule has 0 spiro atoms. The van der Waals surface area contributed by atoms with E-state index in [0.717, 1.165) is 23.9 Å². The van der Waals surface area contributed by atoms with Crippen molar-refractivity contribution in [3.05, 3.63) is 0 Å². The molecule has 0 heterocycles. The van der Waals surface area contributed by atoms with Crippen molar-refractivity contribution >= 4 is 0 Å². The Balaban J connectivity index is 1.34. The third-order valence-electron chi connectivity index (χ3n) is 4.45. The fourth-order valence-electron chi connectivity index (χ4n) is 2.69. The van der Waals surface area contributed by atoms with E-state index in [1.807, 2.05) is 0 Å². The zero-order chi connectivity index (χ0) is 11.0. The summed E-state index contributed by atoms with van der Waals surface area (Å²) in [6.45, 7) is 6.25. The summed E-state index contributed by atoms with van der Waals surface area (Å²) in [5, 5.41) is 3.71. The summed E-state index contributed by atoms with van der Waals surface area (Å²) in [6, 6.07) is 1.72. The number of rotatable bonds is 8. The van der Waals surface area contributed by atoms with Gasteiger partial charge in [-0.1, -0.05) is 0 Å². The van der Waals surface area contributed by atoms with Crippen LogP contribution in [0.2, 0.25) is 0 Å². The van der Waals surface area contributed by atoms with Gasteiger partial charge in [-0.25, -0.2) is 0 Å². The van der Waals surface area contributed by atoms with Crippen LogP contribution in [-0.2, 0) is 0 Å². The molecule has 3 rings (SSSR count). The van der Waals surface area contributed by atoms with E-state index in [0.29, 0.717) is 0 Å². The van der Waals surface area contributed by atoms with E-state index < -0.39 is 0 Å². The van der Waals surface area contributed by atoms with Crippen molar-refractivity contribution in [3.8, 4) is 0 Å². The van der Waals surface area contributed by atoms with Crippen molar-refractivity contribution in [1.82, 2.24) is 10.2 Å². The molecule has 3 aliphatic rings. The van der Waals surface area contributed by atoms with Crippen molar-refractivity contribution in [2.45, 2.75) is 57.5 Å². The van der Waals surface area contributed by atoms with Gasteiger partial charge in [-0.3, -0.25) is 4.90 Å². The van der Waals surface area contributed by atoms with Gasteiger partial charge in [0.1, 0.15) is 0 Å². The second-order valence-electron chi connectivity index (χ2n) is 6.25. The molecule has 1 unspecified atom stereocenters. The molecule has 0 saturated heterocycles. The highest BCUT2D eigenvalue weighted by atomic mass is 15.2. The van der Waals surface area contributed by atoms with Gasteiger partial charge in [-0.15, -0.1) is 0 Å². The third kappa shape index (κ3) is 3.21. The molecule has 16 heavy (non-hydrogen) atoms. The maximum Gasteiger partial charge on any atom is 0.0110 e. The lowest BCUT2D eigenvalue weighted by Crippen LogP contribution is -2.38. The molecule has 0 radical (unpaired) electrons. The topological polar surface area (TPSA) is 15.3 Å². The third-order valence-corrected chi connectivity index (χ3v) is 4.45. The van der Waals surface area contributed by atoms with Crippen LogP contribution in [0.1, 0.15) is 45.4 Å². The molecular weight excluding hydrogens is 196 g/mol. The predicted molar refractivity (Wildman–Crippen MR) is 67.5 cm³/mol. The second kappa shape index (κ2) is 4.66. The first-order valence-electron chi connectivity index (χ1n) is 7.30. The average molecular weight is 222 g/mol. The minimum Gasteiger partial charge on any atom is -0.313 e. The fraction of sp³-hybridized carbons (Fsp3) is 1.00. The first-order valence-corrected chi connectivity index (χ1v) is 7.30. The zero-order valence-electron chi connectivity index (χ0n) is 10.6. The van der Waals surface area contributed by atoms with E-state index in [-0.39, 0.29) is 0 Å². The molecule has 1 N–H and O–H groups in total. The monoisotopic (exact) mass is 222 g/mol. The maximum atomic E-state index is 3.71. The minimum absolute atomic E-state index is 0.766. The molecule has 0 aromatic rings. The highest BCUT2D eigenvalue weighted by Gasteiger charge is 2.33. The van der Waals surface area contributed by atoms with Gasteiger partial charge in [0.2, 0.25) is 0 Å². The first kappa shape index (κ1) is 11.0. The van der Waals surface area contributed by atoms with Crippen LogP contribution in [0.5, 0.6) is 0 Å². The van der Waals surface area contributed by atoms with E-state index in [1.54, 1.807) is 0 Å². The predicted octanol–water partition coefficient (Wildman–Crippen LogP) is 2.25. The smallest absolute Gasteiger partial charge is 0.0110 e. The van der Waals surface area contributed by atoms with Crippen molar-refractivity contribution in [1.29, 1.82) is 0 Å². The van der Waals surface area contributed by atoms with Crippen LogP contribution < -0.4 is 5.32 Å². The van der Waals surface area contributed by atoms with Crippen LogP contribution in [-0.4, -0.2) is 36.6 Å². The van der Waals surface area contributed by atoms with E-state index >= 15 is 0 Å². The standard InChI is InChI=1S/C14H26N2/c1-11(13-4-5-13)15-8-9-16(14-6-7-14)10-12-2-3-12/h11-15H,2-10H2,1H3. The molecule has 1 atom stereocenters. The van der Waals surface area contributed by atoms with Crippen LogP contribution in [0.4, 0.5) is 0 Å². The van der Waals surface area contributed by atoms with Gasteiger partial charge in [0.05, 0.1) is 0 Å². The quantitative estimate of drug-likeness (QED) is 0.677. The number of hydrogen-bond acceptors (Lipinski definition) is 2. The summed E-state index contributed by atoms with van der Waals surface area (Å²) in [4.78, 5) is 2.75. The Morgan fingerprint density at radius 2 is 1.88 bits per heavy atom. The number of nitrogens with one attached hydrogen (secondary N) is 1. The van der Waals surface area contributed by atoms with Crippen LogP contribution in [0.3, 0.4) is 0 Å². The molecule has 0 aromatic carbocycles. The number of hydrogen-bond donors (Lipinski definition) is 1. The summed E-state index contributed by atoms with van der Waals surface area (Å²) in [7, 11) is 0. The highest BCUT2D eigenvalue weighted by molar-refractivity contribution is 4.89. The molecule has 0 amide bonds. The Morgan fingerprint density at radius 3 is 2.44 bits per heavy atom. The molecule has 0 aromatic heterocycles. The molecule has 2 nitrogen and oxygen atoms in total. The Morgan fingerprint density at radius 1 is 1.12 bits per heavy atom. The summed E-state index contributed by atoms with van der Waals surface area (Å²) in [6.07, 6.45) is 8.84. The van der Waals surface area contributed by atoms with Gasteiger partial charge in [0, 0.05) is 31.7 Å². The van der Waals surface area contributed by atoms with E-state index in [9.17, 15) is 0 Å². The molecular formula is C14H26N2. The SMILES string of the molecule is CC(NCCN(CC1CC1)C1CC1)C1CC1. The number of nitrogens with zero attached hydrogens (tertiary/aromatic N) is 1. The highest BCUT2D eigenvalue weighted by Crippen LogP contribution is 2.35. The summed E-state index contributed by atoms with van der Waals surface area (Å²) in [5.41, 5.74) is 0. The van der Waals surface area contributed by atoms with E-state index in [1.165, 1.54) is 58.2 Å². The molecule has 3 saturated carbocycles. The summed E-state index contributed by atoms with van der Waals surface area (Å²) < 4.78 is 0. The van der Waals surface area contributed by atoms with Crippen LogP contribution in [0.15, 0.2) is 0 Å². The summed E-state index contributed by atoms with van der Waals surface area (Å²) >= 11 is 0. The van der Waals surface area contributed by atoms with E-state index in [4.69, 9.17) is 0 Å². The van der Waals surface area contributed by atoms with Crippen molar-refractivity contribution < 1.29 is 0 Å². The Labute approximate surface area is 99.8 Å². The van der Waals surface area contributed by atoms with E-state index in [2.05, 4.69) is 17.1 Å². The van der Waals surface area contributed by atoms with Gasteiger partial charge in [-0.2, -0.15) is 0 Å². The largest absolute Gasteiger partial charge is 0.313 e. The van der Waals surface area contributed by atoms with Crippen LogP contribution in [0, 0.1) is 11.8 Å². The Bertz CT molecular complexity index is 229. The molecule has 92 valence electrons. The molecule has 2 heteroatoms. The average Bonchev–Trinajstić information content (AvgIpc) is 3.17. The van der Waals surface area contributed by atoms with Crippen molar-refractivity contribution in [2.24, 2.45) is 11.8 Å². The van der Waals surface area contributed by atoms with Gasteiger partial charge < -0.3 is 5.32 Å². The van der Waals surface area contributed by atoms with Gasteiger partial charge in [0.15, 0.2) is 0 Å². The normalized spacial score (nSPS) is 27.4. The van der Waals surface area contributed by atoms with Gasteiger partial charge >= 0.3 is 0 Å². The Kier molecular flexibility index (Phi) is 3.21. The lowest BCUT2D eigenvalue weighted by Gasteiger charge is -2.23. The lowest BCUT2D eigenvalue weighted by atomic mass is 10.2. The van der Waals surface area contributed by atoms with Crippen molar-refractivity contribution in [2.75, 3.05) is 19.6 Å². The lowest BCUT2D eigenvalue weighted by molar-refractivity contribution is 0.248. The van der Waals surface area contributed by atoms with Gasteiger partial charge in [-0.05, 0) is 57.3 Å². The first-order chi connectivity index (χ1) is 7.83. The van der Waals surface area contributed by atoms with Crippen LogP contribution >= 0.6 is 0 Å². The summed E-state index contributed by atoms with van der Waals surface area (Å²) in [5.74, 6) is 2.05. The fourth-order valence-corrected chi connectivity index (χ4v) is 2.69. The molecule has 3 aliphatic carbocycles. The Hall–Kier alpha value is -0.0800.